The first-order chi connectivity index (χ1) is 6.63. The summed E-state index contributed by atoms with van der Waals surface area (Å²) in [5.41, 5.74) is -0.0446. The van der Waals surface area contributed by atoms with Gasteiger partial charge in [0, 0.05) is 12.5 Å². The molecule has 1 rings (SSSR count). The third kappa shape index (κ3) is 2.58. The first kappa shape index (κ1) is 10.2. The zero-order valence-corrected chi connectivity index (χ0v) is 7.70. The number of carboxylic acid groups (broad SMARTS) is 1. The number of hydrogen-bond acceptors (Lipinski definition) is 3. The zero-order valence-electron chi connectivity index (χ0n) is 7.70. The second-order valence-electron chi connectivity index (χ2n) is 2.77. The van der Waals surface area contributed by atoms with Crippen LogP contribution < -0.4 is 5.32 Å². The van der Waals surface area contributed by atoms with E-state index in [1.807, 2.05) is 6.92 Å². The van der Waals surface area contributed by atoms with Crippen molar-refractivity contribution in [3.63, 3.8) is 0 Å². The van der Waals surface area contributed by atoms with E-state index in [0.717, 1.165) is 6.42 Å². The van der Waals surface area contributed by atoms with Gasteiger partial charge in [0.1, 0.15) is 5.69 Å². The molecule has 76 valence electrons. The number of carboxylic acids is 1. The summed E-state index contributed by atoms with van der Waals surface area (Å²) in [6.45, 7) is 1.88. The lowest BCUT2D eigenvalue weighted by molar-refractivity contribution is -0.116. The molecule has 0 saturated heterocycles. The van der Waals surface area contributed by atoms with Gasteiger partial charge < -0.3 is 10.4 Å². The molecule has 6 nitrogen and oxygen atoms in total. The van der Waals surface area contributed by atoms with Crippen LogP contribution in [0.25, 0.3) is 0 Å². The van der Waals surface area contributed by atoms with Crippen molar-refractivity contribution in [1.29, 1.82) is 0 Å². The molecular formula is C8H11N3O3. The molecule has 1 aromatic rings. The van der Waals surface area contributed by atoms with E-state index >= 15 is 0 Å². The molecule has 3 N–H and O–H groups in total. The fourth-order valence-electron chi connectivity index (χ4n) is 0.928. The van der Waals surface area contributed by atoms with Gasteiger partial charge in [-0.25, -0.2) is 4.79 Å². The Morgan fingerprint density at radius 2 is 2.36 bits per heavy atom. The highest BCUT2D eigenvalue weighted by atomic mass is 16.4. The third-order valence-corrected chi connectivity index (χ3v) is 1.55. The van der Waals surface area contributed by atoms with Crippen molar-refractivity contribution < 1.29 is 14.7 Å². The molecule has 0 aliphatic rings. The van der Waals surface area contributed by atoms with Crippen LogP contribution in [0.15, 0.2) is 6.07 Å². The molecule has 6 heteroatoms. The van der Waals surface area contributed by atoms with Crippen LogP contribution >= 0.6 is 0 Å². The summed E-state index contributed by atoms with van der Waals surface area (Å²) in [5, 5.41) is 16.9. The molecule has 0 aliphatic heterocycles. The van der Waals surface area contributed by atoms with Gasteiger partial charge in [-0.1, -0.05) is 6.92 Å². The number of carbonyl (C=O) groups excluding carboxylic acids is 1. The molecule has 0 spiro atoms. The van der Waals surface area contributed by atoms with Gasteiger partial charge in [0.15, 0.2) is 5.82 Å². The Bertz CT molecular complexity index is 345. The number of carbonyl (C=O) groups is 2. The SMILES string of the molecule is CCCC(=O)Nc1cc(C(=O)O)[nH]n1. The Morgan fingerprint density at radius 3 is 2.86 bits per heavy atom. The number of aromatic nitrogens is 2. The van der Waals surface area contributed by atoms with E-state index < -0.39 is 5.97 Å². The zero-order chi connectivity index (χ0) is 10.6. The molecule has 1 heterocycles. The smallest absolute Gasteiger partial charge is 0.353 e. The van der Waals surface area contributed by atoms with Gasteiger partial charge in [-0.2, -0.15) is 5.10 Å². The molecule has 0 unspecified atom stereocenters. The number of aromatic carboxylic acids is 1. The maximum absolute atomic E-state index is 11.1. The van der Waals surface area contributed by atoms with Gasteiger partial charge in [-0.3, -0.25) is 9.89 Å². The van der Waals surface area contributed by atoms with Gasteiger partial charge in [-0.05, 0) is 6.42 Å². The lowest BCUT2D eigenvalue weighted by Crippen LogP contribution is -2.10. The summed E-state index contributed by atoms with van der Waals surface area (Å²) < 4.78 is 0. The van der Waals surface area contributed by atoms with Gasteiger partial charge >= 0.3 is 5.97 Å². The van der Waals surface area contributed by atoms with Gasteiger partial charge in [0.25, 0.3) is 0 Å². The minimum atomic E-state index is -1.10. The quantitative estimate of drug-likeness (QED) is 0.666. The van der Waals surface area contributed by atoms with E-state index in [9.17, 15) is 9.59 Å². The van der Waals surface area contributed by atoms with E-state index in [1.54, 1.807) is 0 Å². The predicted molar refractivity (Wildman–Crippen MR) is 49.1 cm³/mol. The highest BCUT2D eigenvalue weighted by Crippen LogP contribution is 2.05. The molecule has 0 aliphatic carbocycles. The summed E-state index contributed by atoms with van der Waals surface area (Å²) in [4.78, 5) is 21.5. The van der Waals surface area contributed by atoms with E-state index in [4.69, 9.17) is 5.11 Å². The Morgan fingerprint density at radius 1 is 1.64 bits per heavy atom. The minimum Gasteiger partial charge on any atom is -0.477 e. The molecule has 0 atom stereocenters. The number of H-pyrrole nitrogens is 1. The fourth-order valence-corrected chi connectivity index (χ4v) is 0.928. The van der Waals surface area contributed by atoms with Crippen molar-refractivity contribution in [3.05, 3.63) is 11.8 Å². The summed E-state index contributed by atoms with van der Waals surface area (Å²) in [7, 11) is 0. The van der Waals surface area contributed by atoms with Crippen molar-refractivity contribution in [2.24, 2.45) is 0 Å². The summed E-state index contributed by atoms with van der Waals surface area (Å²) in [6, 6.07) is 1.27. The molecular weight excluding hydrogens is 186 g/mol. The van der Waals surface area contributed by atoms with Crippen molar-refractivity contribution in [2.75, 3.05) is 5.32 Å². The Labute approximate surface area is 80.3 Å². The average molecular weight is 197 g/mol. The fraction of sp³-hybridized carbons (Fsp3) is 0.375. The second-order valence-corrected chi connectivity index (χ2v) is 2.77. The van der Waals surface area contributed by atoms with Gasteiger partial charge in [0.2, 0.25) is 5.91 Å². The predicted octanol–water partition coefficient (Wildman–Crippen LogP) is 0.846. The van der Waals surface area contributed by atoms with Crippen molar-refractivity contribution >= 4 is 17.7 Å². The largest absolute Gasteiger partial charge is 0.477 e. The van der Waals surface area contributed by atoms with E-state index in [0.29, 0.717) is 6.42 Å². The molecule has 0 bridgehead atoms. The number of nitrogens with zero attached hydrogens (tertiary/aromatic N) is 1. The van der Waals surface area contributed by atoms with Crippen LogP contribution in [0, 0.1) is 0 Å². The minimum absolute atomic E-state index is 0.0446. The highest BCUT2D eigenvalue weighted by molar-refractivity contribution is 5.92. The molecule has 0 aromatic carbocycles. The summed E-state index contributed by atoms with van der Waals surface area (Å²) in [5.74, 6) is -1.04. The van der Waals surface area contributed by atoms with Crippen LogP contribution in [0.4, 0.5) is 5.82 Å². The maximum Gasteiger partial charge on any atom is 0.353 e. The number of amides is 1. The number of rotatable bonds is 4. The van der Waals surface area contributed by atoms with Crippen LogP contribution in [0.2, 0.25) is 0 Å². The monoisotopic (exact) mass is 197 g/mol. The number of aromatic amines is 1. The molecule has 0 saturated carbocycles. The van der Waals surface area contributed by atoms with Gasteiger partial charge in [0.05, 0.1) is 0 Å². The first-order valence-corrected chi connectivity index (χ1v) is 4.22. The first-order valence-electron chi connectivity index (χ1n) is 4.22. The third-order valence-electron chi connectivity index (χ3n) is 1.55. The van der Waals surface area contributed by atoms with Crippen LogP contribution in [0.5, 0.6) is 0 Å². The lowest BCUT2D eigenvalue weighted by atomic mass is 10.3. The molecule has 0 fully saturated rings. The Hall–Kier alpha value is -1.85. The Kier molecular flexibility index (Phi) is 3.22. The van der Waals surface area contributed by atoms with Crippen LogP contribution in [-0.4, -0.2) is 27.2 Å². The molecule has 0 radical (unpaired) electrons. The number of hydrogen-bond donors (Lipinski definition) is 3. The van der Waals surface area contributed by atoms with E-state index in [-0.39, 0.29) is 17.4 Å². The van der Waals surface area contributed by atoms with Gasteiger partial charge in [-0.15, -0.1) is 0 Å². The van der Waals surface area contributed by atoms with Crippen LogP contribution in [-0.2, 0) is 4.79 Å². The lowest BCUT2D eigenvalue weighted by Gasteiger charge is -1.97. The highest BCUT2D eigenvalue weighted by Gasteiger charge is 2.08. The van der Waals surface area contributed by atoms with Crippen molar-refractivity contribution in [2.45, 2.75) is 19.8 Å². The number of nitrogens with one attached hydrogen (secondary N) is 2. The average Bonchev–Trinajstić information content (AvgIpc) is 2.53. The van der Waals surface area contributed by atoms with E-state index in [1.165, 1.54) is 6.07 Å². The molecule has 14 heavy (non-hydrogen) atoms. The molecule has 1 aromatic heterocycles. The van der Waals surface area contributed by atoms with E-state index in [2.05, 4.69) is 15.5 Å². The summed E-state index contributed by atoms with van der Waals surface area (Å²) >= 11 is 0. The standard InChI is InChI=1S/C8H11N3O3/c1-2-3-7(12)9-6-4-5(8(13)14)10-11-6/h4H,2-3H2,1H3,(H,13,14)(H2,9,10,11,12). The second kappa shape index (κ2) is 4.40. The molecule has 1 amide bonds. The maximum atomic E-state index is 11.1. The Balaban J connectivity index is 2.59. The topological polar surface area (TPSA) is 95.1 Å². The number of anilines is 1. The van der Waals surface area contributed by atoms with Crippen molar-refractivity contribution in [3.8, 4) is 0 Å². The van der Waals surface area contributed by atoms with Crippen molar-refractivity contribution in [1.82, 2.24) is 10.2 Å². The van der Waals surface area contributed by atoms with Crippen LogP contribution in [0.3, 0.4) is 0 Å². The normalized spacial score (nSPS) is 9.79. The van der Waals surface area contributed by atoms with Crippen LogP contribution in [0.1, 0.15) is 30.3 Å². The summed E-state index contributed by atoms with van der Waals surface area (Å²) in [6.07, 6.45) is 1.14.